The van der Waals surface area contributed by atoms with Crippen molar-refractivity contribution >= 4 is 29.4 Å². The normalized spacial score (nSPS) is 24.6. The van der Waals surface area contributed by atoms with Crippen LogP contribution >= 0.6 is 11.8 Å². The van der Waals surface area contributed by atoms with Gasteiger partial charge < -0.3 is 21.5 Å². The largest absolute Gasteiger partial charge is 0.510 e. The molecule has 1 unspecified atom stereocenters. The monoisotopic (exact) mass is 449 g/mol. The molecule has 3 aliphatic rings. The highest BCUT2D eigenvalue weighted by molar-refractivity contribution is 8.04. The van der Waals surface area contributed by atoms with Crippen molar-refractivity contribution in [3.05, 3.63) is 58.3 Å². The molecule has 166 valence electrons. The zero-order chi connectivity index (χ0) is 22.5. The van der Waals surface area contributed by atoms with E-state index in [0.717, 1.165) is 38.2 Å². The van der Waals surface area contributed by atoms with E-state index in [0.29, 0.717) is 9.93 Å². The molecular weight excluding hydrogens is 422 g/mol. The first-order chi connectivity index (χ1) is 15.4. The fourth-order valence-corrected chi connectivity index (χ4v) is 6.05. The summed E-state index contributed by atoms with van der Waals surface area (Å²) >= 11 is 1.19. The summed E-state index contributed by atoms with van der Waals surface area (Å²) in [6, 6.07) is 10.3. The van der Waals surface area contributed by atoms with Gasteiger partial charge in [-0.2, -0.15) is 0 Å². The molecule has 1 aromatic heterocycles. The number of nitrogens with zero attached hydrogens (tertiary/aromatic N) is 4. The van der Waals surface area contributed by atoms with Crippen molar-refractivity contribution in [1.29, 1.82) is 5.41 Å². The first kappa shape index (κ1) is 21.0. The fourth-order valence-electron chi connectivity index (χ4n) is 5.15. The molecule has 1 aliphatic carbocycles. The third kappa shape index (κ3) is 3.45. The fraction of sp³-hybridized carbons (Fsp3) is 0.391. The van der Waals surface area contributed by atoms with Gasteiger partial charge in [-0.25, -0.2) is 15.0 Å². The smallest absolute Gasteiger partial charge is 0.221 e. The summed E-state index contributed by atoms with van der Waals surface area (Å²) in [6.07, 6.45) is 4.51. The number of aliphatic hydroxyl groups excluding tert-OH is 1. The second-order valence-electron chi connectivity index (χ2n) is 8.81. The highest BCUT2D eigenvalue weighted by Crippen LogP contribution is 2.51. The Hall–Kier alpha value is -2.91. The van der Waals surface area contributed by atoms with Crippen molar-refractivity contribution in [1.82, 2.24) is 14.9 Å². The molecule has 0 radical (unpaired) electrons. The predicted molar refractivity (Wildman–Crippen MR) is 127 cm³/mol. The molecule has 6 N–H and O–H groups in total. The summed E-state index contributed by atoms with van der Waals surface area (Å²) in [5.74, 6) is 0.798. The second kappa shape index (κ2) is 7.90. The lowest BCUT2D eigenvalue weighted by Gasteiger charge is -2.44. The van der Waals surface area contributed by atoms with Gasteiger partial charge in [-0.3, -0.25) is 5.41 Å². The number of benzene rings is 1. The maximum Gasteiger partial charge on any atom is 0.221 e. The summed E-state index contributed by atoms with van der Waals surface area (Å²) in [5, 5.41) is 19.9. The Labute approximate surface area is 191 Å². The Kier molecular flexibility index (Phi) is 5.17. The van der Waals surface area contributed by atoms with Gasteiger partial charge in [-0.05, 0) is 48.8 Å². The average molecular weight is 450 g/mol. The number of anilines is 1. The first-order valence-corrected chi connectivity index (χ1v) is 11.6. The van der Waals surface area contributed by atoms with E-state index in [1.165, 1.54) is 22.9 Å². The van der Waals surface area contributed by atoms with Gasteiger partial charge >= 0.3 is 0 Å². The molecule has 2 atom stereocenters. The molecule has 1 aromatic carbocycles. The number of amidine groups is 2. The Morgan fingerprint density at radius 2 is 1.97 bits per heavy atom. The molecule has 3 heterocycles. The van der Waals surface area contributed by atoms with Crippen LogP contribution in [0.1, 0.15) is 36.9 Å². The number of nitrogens with one attached hydrogen (secondary N) is 1. The third-order valence-corrected chi connectivity index (χ3v) is 8.05. The van der Waals surface area contributed by atoms with Crippen LogP contribution in [0.15, 0.2) is 57.2 Å². The van der Waals surface area contributed by atoms with Crippen LogP contribution in [0, 0.1) is 16.7 Å². The number of dihydropyridines is 1. The van der Waals surface area contributed by atoms with Gasteiger partial charge in [0.2, 0.25) is 5.95 Å². The van der Waals surface area contributed by atoms with E-state index in [1.54, 1.807) is 12.3 Å². The Balaban J connectivity index is 1.31. The van der Waals surface area contributed by atoms with Crippen LogP contribution in [0.4, 0.5) is 5.95 Å². The van der Waals surface area contributed by atoms with Gasteiger partial charge in [-0.1, -0.05) is 36.0 Å². The van der Waals surface area contributed by atoms with Gasteiger partial charge in [0.25, 0.3) is 0 Å². The summed E-state index contributed by atoms with van der Waals surface area (Å²) in [6.45, 7) is 3.56. The van der Waals surface area contributed by atoms with E-state index in [4.69, 9.17) is 16.9 Å². The van der Waals surface area contributed by atoms with Crippen molar-refractivity contribution < 1.29 is 5.11 Å². The molecule has 2 aromatic rings. The highest BCUT2D eigenvalue weighted by Gasteiger charge is 2.46. The molecule has 8 nitrogen and oxygen atoms in total. The van der Waals surface area contributed by atoms with E-state index in [2.05, 4.69) is 44.1 Å². The minimum Gasteiger partial charge on any atom is -0.510 e. The van der Waals surface area contributed by atoms with Gasteiger partial charge in [0, 0.05) is 25.3 Å². The molecule has 5 rings (SSSR count). The number of likely N-dealkylation sites (tertiary alicyclic amines) is 1. The standard InChI is InChI=1S/C23H27N7OS/c1-13-17(31)18(32-16-6-9-27-22(26)28-16)20(25)29-21(13)30-10-7-23(8-11-30)12-14-4-2-3-5-15(14)19(23)24/h2-6,9,13,19,25,31H,7-8,10-12,24H2,1H3,(H2,26,27,28)/t13-,19?/m1/s1. The molecule has 0 bridgehead atoms. The number of aliphatic imine (C=N–C) groups is 1. The number of hydrogen-bond acceptors (Lipinski definition) is 8. The number of aliphatic hydroxyl groups is 1. The first-order valence-electron chi connectivity index (χ1n) is 10.8. The lowest BCUT2D eigenvalue weighted by Crippen LogP contribution is -2.49. The minimum absolute atomic E-state index is 0.0445. The predicted octanol–water partition coefficient (Wildman–Crippen LogP) is 3.28. The quantitative estimate of drug-likeness (QED) is 0.516. The van der Waals surface area contributed by atoms with Crippen molar-refractivity contribution in [2.45, 2.75) is 37.3 Å². The summed E-state index contributed by atoms with van der Waals surface area (Å²) in [4.78, 5) is 15.2. The molecule has 2 aliphatic heterocycles. The molecule has 1 saturated heterocycles. The summed E-state index contributed by atoms with van der Waals surface area (Å²) < 4.78 is 0. The molecule has 32 heavy (non-hydrogen) atoms. The molecule has 1 spiro atoms. The number of hydrogen-bond donors (Lipinski definition) is 4. The van der Waals surface area contributed by atoms with E-state index < -0.39 is 0 Å². The van der Waals surface area contributed by atoms with E-state index in [1.807, 2.05) is 6.92 Å². The summed E-state index contributed by atoms with van der Waals surface area (Å²) in [7, 11) is 0. The number of nitrogen functional groups attached to an aromatic ring is 1. The maximum atomic E-state index is 10.9. The number of rotatable bonds is 2. The van der Waals surface area contributed by atoms with Gasteiger partial charge in [-0.15, -0.1) is 0 Å². The highest BCUT2D eigenvalue weighted by atomic mass is 32.2. The zero-order valence-electron chi connectivity index (χ0n) is 18.0. The SMILES string of the molecule is C[C@H]1C(N2CCC3(CC2)Cc2ccccc2C3N)=NC(=N)C(Sc2ccnc(N)n2)=C1O. The number of thioether (sulfide) groups is 1. The number of piperidine rings is 1. The van der Waals surface area contributed by atoms with Crippen molar-refractivity contribution in [2.75, 3.05) is 18.8 Å². The topological polar surface area (TPSA) is 138 Å². The van der Waals surface area contributed by atoms with E-state index in [9.17, 15) is 5.11 Å². The van der Waals surface area contributed by atoms with Crippen LogP contribution in [-0.2, 0) is 6.42 Å². The Bertz CT molecular complexity index is 1140. The number of aromatic nitrogens is 2. The van der Waals surface area contributed by atoms with Crippen LogP contribution < -0.4 is 11.5 Å². The lowest BCUT2D eigenvalue weighted by atomic mass is 9.73. The van der Waals surface area contributed by atoms with Crippen LogP contribution in [0.2, 0.25) is 0 Å². The molecule has 9 heteroatoms. The van der Waals surface area contributed by atoms with Gasteiger partial charge in [0.1, 0.15) is 16.6 Å². The molecule has 0 saturated carbocycles. The van der Waals surface area contributed by atoms with Gasteiger partial charge in [0.15, 0.2) is 5.84 Å². The van der Waals surface area contributed by atoms with Crippen LogP contribution in [0.25, 0.3) is 0 Å². The van der Waals surface area contributed by atoms with E-state index in [-0.39, 0.29) is 34.9 Å². The molecule has 0 amide bonds. The summed E-state index contributed by atoms with van der Waals surface area (Å²) in [5.41, 5.74) is 15.1. The minimum atomic E-state index is -0.297. The zero-order valence-corrected chi connectivity index (χ0v) is 18.8. The molecule has 1 fully saturated rings. The van der Waals surface area contributed by atoms with Crippen LogP contribution in [0.3, 0.4) is 0 Å². The number of fused-ring (bicyclic) bond motifs is 1. The Morgan fingerprint density at radius 3 is 2.69 bits per heavy atom. The molecular formula is C23H27N7OS. The van der Waals surface area contributed by atoms with Gasteiger partial charge in [0.05, 0.1) is 10.8 Å². The van der Waals surface area contributed by atoms with Crippen molar-refractivity contribution in [2.24, 2.45) is 22.1 Å². The second-order valence-corrected chi connectivity index (χ2v) is 9.84. The Morgan fingerprint density at radius 1 is 1.22 bits per heavy atom. The average Bonchev–Trinajstić information content (AvgIpc) is 3.06. The third-order valence-electron chi connectivity index (χ3n) is 7.00. The van der Waals surface area contributed by atoms with Crippen LogP contribution in [0.5, 0.6) is 0 Å². The van der Waals surface area contributed by atoms with Crippen molar-refractivity contribution in [3.8, 4) is 0 Å². The van der Waals surface area contributed by atoms with E-state index >= 15 is 0 Å². The lowest BCUT2D eigenvalue weighted by molar-refractivity contribution is 0.124. The number of nitrogens with two attached hydrogens (primary N) is 2. The van der Waals surface area contributed by atoms with Crippen LogP contribution in [-0.4, -0.2) is 44.7 Å². The maximum absolute atomic E-state index is 10.9. The van der Waals surface area contributed by atoms with Crippen molar-refractivity contribution in [3.63, 3.8) is 0 Å².